The smallest absolute Gasteiger partial charge is 0.272 e. The molecule has 0 spiro atoms. The van der Waals surface area contributed by atoms with E-state index < -0.39 is 0 Å². The van der Waals surface area contributed by atoms with Crippen molar-refractivity contribution in [2.75, 3.05) is 12.4 Å². The summed E-state index contributed by atoms with van der Waals surface area (Å²) >= 11 is 0. The second-order valence-electron chi connectivity index (χ2n) is 6.01. The summed E-state index contributed by atoms with van der Waals surface area (Å²) in [4.78, 5) is 12.2. The number of carbonyl (C=O) groups excluding carboxylic acids is 1. The Bertz CT molecular complexity index is 876. The molecule has 0 aliphatic rings. The van der Waals surface area contributed by atoms with Crippen LogP contribution in [0.1, 0.15) is 28.5 Å². The predicted octanol–water partition coefficient (Wildman–Crippen LogP) is 3.72. The third kappa shape index (κ3) is 5.04. The molecule has 2 N–H and O–H groups in total. The van der Waals surface area contributed by atoms with E-state index in [0.29, 0.717) is 12.4 Å². The number of aromatic nitrogens is 2. The fourth-order valence-corrected chi connectivity index (χ4v) is 2.51. The molecule has 138 valence electrons. The maximum absolute atomic E-state index is 12.2. The van der Waals surface area contributed by atoms with Crippen LogP contribution >= 0.6 is 0 Å². The number of ether oxygens (including phenoxy) is 1. The van der Waals surface area contributed by atoms with E-state index >= 15 is 0 Å². The molecule has 0 fully saturated rings. The van der Waals surface area contributed by atoms with Crippen molar-refractivity contribution in [2.45, 2.75) is 19.9 Å². The number of amides is 1. The number of methoxy groups -OCH3 is 1. The van der Waals surface area contributed by atoms with Crippen LogP contribution in [0, 0.1) is 0 Å². The molecule has 2 aromatic carbocycles. The van der Waals surface area contributed by atoms with Gasteiger partial charge in [-0.05, 0) is 53.9 Å². The summed E-state index contributed by atoms with van der Waals surface area (Å²) in [6, 6.07) is 19.0. The molecule has 0 unspecified atom stereocenters. The Kier molecular flexibility index (Phi) is 5.99. The lowest BCUT2D eigenvalue weighted by Crippen LogP contribution is -2.24. The average molecular weight is 362 g/mol. The highest BCUT2D eigenvalue weighted by Gasteiger charge is 2.08. The number of carbonyl (C=O) groups is 1. The van der Waals surface area contributed by atoms with Gasteiger partial charge in [0.15, 0.2) is 11.5 Å². The van der Waals surface area contributed by atoms with E-state index in [1.165, 1.54) is 5.56 Å². The summed E-state index contributed by atoms with van der Waals surface area (Å²) in [6.07, 6.45) is 1.00. The van der Waals surface area contributed by atoms with Gasteiger partial charge in [-0.3, -0.25) is 4.79 Å². The van der Waals surface area contributed by atoms with Crippen LogP contribution in [-0.4, -0.2) is 23.2 Å². The predicted molar refractivity (Wildman–Crippen MR) is 105 cm³/mol. The van der Waals surface area contributed by atoms with Gasteiger partial charge in [0, 0.05) is 12.2 Å². The first kappa shape index (κ1) is 18.4. The highest BCUT2D eigenvalue weighted by molar-refractivity contribution is 5.92. The summed E-state index contributed by atoms with van der Waals surface area (Å²) in [6.45, 7) is 2.53. The van der Waals surface area contributed by atoms with E-state index in [1.54, 1.807) is 19.2 Å². The minimum Gasteiger partial charge on any atom is -0.497 e. The van der Waals surface area contributed by atoms with E-state index in [2.05, 4.69) is 39.9 Å². The maximum Gasteiger partial charge on any atom is 0.272 e. The molecule has 27 heavy (non-hydrogen) atoms. The summed E-state index contributed by atoms with van der Waals surface area (Å²) in [7, 11) is 1.62. The second-order valence-corrected chi connectivity index (χ2v) is 6.01. The molecule has 1 heterocycles. The average Bonchev–Trinajstić information content (AvgIpc) is 2.73. The van der Waals surface area contributed by atoms with E-state index in [1.807, 2.05) is 36.4 Å². The molecule has 0 radical (unpaired) electrons. The number of rotatable bonds is 7. The molecule has 3 aromatic rings. The van der Waals surface area contributed by atoms with Crippen molar-refractivity contribution >= 4 is 17.4 Å². The molecular formula is C21H22N4O2. The van der Waals surface area contributed by atoms with Gasteiger partial charge in [0.1, 0.15) is 5.75 Å². The molecule has 0 atom stereocenters. The summed E-state index contributed by atoms with van der Waals surface area (Å²) in [5, 5.41) is 14.1. The first-order valence-electron chi connectivity index (χ1n) is 8.78. The second kappa shape index (κ2) is 8.80. The van der Waals surface area contributed by atoms with Crippen LogP contribution < -0.4 is 15.4 Å². The van der Waals surface area contributed by atoms with Gasteiger partial charge in [-0.25, -0.2) is 0 Å². The molecule has 0 saturated heterocycles. The molecule has 0 aliphatic carbocycles. The number of nitrogens with zero attached hydrogens (tertiary/aromatic N) is 2. The van der Waals surface area contributed by atoms with Crippen LogP contribution in [0.4, 0.5) is 11.5 Å². The van der Waals surface area contributed by atoms with Crippen LogP contribution in [0.3, 0.4) is 0 Å². The van der Waals surface area contributed by atoms with Gasteiger partial charge in [0.05, 0.1) is 7.11 Å². The minimum absolute atomic E-state index is 0.267. The molecule has 0 bridgehead atoms. The zero-order valence-corrected chi connectivity index (χ0v) is 15.4. The Morgan fingerprint density at radius 2 is 1.63 bits per heavy atom. The van der Waals surface area contributed by atoms with Crippen LogP contribution in [0.2, 0.25) is 0 Å². The van der Waals surface area contributed by atoms with E-state index in [-0.39, 0.29) is 11.6 Å². The van der Waals surface area contributed by atoms with Crippen molar-refractivity contribution in [3.8, 4) is 5.75 Å². The fraction of sp³-hybridized carbons (Fsp3) is 0.190. The van der Waals surface area contributed by atoms with Crippen molar-refractivity contribution < 1.29 is 9.53 Å². The Morgan fingerprint density at radius 1 is 0.926 bits per heavy atom. The standard InChI is InChI=1S/C21H22N4O2/c1-3-15-4-8-17(9-5-15)23-20-13-12-19(24-25-20)21(26)22-14-16-6-10-18(27-2)11-7-16/h4-13H,3,14H2,1-2H3,(H,22,26)(H,23,25). The number of anilines is 2. The minimum atomic E-state index is -0.267. The summed E-state index contributed by atoms with van der Waals surface area (Å²) < 4.78 is 5.12. The Morgan fingerprint density at radius 3 is 2.22 bits per heavy atom. The quantitative estimate of drug-likeness (QED) is 0.670. The van der Waals surface area contributed by atoms with Crippen molar-refractivity contribution in [3.05, 3.63) is 77.5 Å². The summed E-state index contributed by atoms with van der Waals surface area (Å²) in [5.74, 6) is 1.10. The zero-order chi connectivity index (χ0) is 19.1. The first-order chi connectivity index (χ1) is 13.2. The number of hydrogen-bond acceptors (Lipinski definition) is 5. The number of hydrogen-bond donors (Lipinski definition) is 2. The van der Waals surface area contributed by atoms with Crippen molar-refractivity contribution in [3.63, 3.8) is 0 Å². The molecular weight excluding hydrogens is 340 g/mol. The molecule has 6 nitrogen and oxygen atoms in total. The lowest BCUT2D eigenvalue weighted by atomic mass is 10.1. The third-order valence-electron chi connectivity index (χ3n) is 4.14. The van der Waals surface area contributed by atoms with E-state index in [4.69, 9.17) is 4.74 Å². The monoisotopic (exact) mass is 362 g/mol. The number of nitrogens with one attached hydrogen (secondary N) is 2. The Balaban J connectivity index is 1.55. The molecule has 3 rings (SSSR count). The van der Waals surface area contributed by atoms with Crippen LogP contribution in [0.15, 0.2) is 60.7 Å². The number of benzene rings is 2. The van der Waals surface area contributed by atoms with Crippen molar-refractivity contribution in [2.24, 2.45) is 0 Å². The largest absolute Gasteiger partial charge is 0.497 e. The number of aryl methyl sites for hydroxylation is 1. The van der Waals surface area contributed by atoms with Gasteiger partial charge in [-0.2, -0.15) is 0 Å². The lowest BCUT2D eigenvalue weighted by molar-refractivity contribution is 0.0945. The topological polar surface area (TPSA) is 76.1 Å². The highest BCUT2D eigenvalue weighted by Crippen LogP contribution is 2.15. The SMILES string of the molecule is CCc1ccc(Nc2ccc(C(=O)NCc3ccc(OC)cc3)nn2)cc1. The van der Waals surface area contributed by atoms with Crippen LogP contribution in [-0.2, 0) is 13.0 Å². The van der Waals surface area contributed by atoms with Crippen molar-refractivity contribution in [1.29, 1.82) is 0 Å². The van der Waals surface area contributed by atoms with Gasteiger partial charge >= 0.3 is 0 Å². The van der Waals surface area contributed by atoms with Gasteiger partial charge in [0.2, 0.25) is 0 Å². The Labute approximate surface area is 158 Å². The van der Waals surface area contributed by atoms with Gasteiger partial charge in [-0.15, -0.1) is 10.2 Å². The van der Waals surface area contributed by atoms with Gasteiger partial charge < -0.3 is 15.4 Å². The molecule has 1 amide bonds. The maximum atomic E-state index is 12.2. The zero-order valence-electron chi connectivity index (χ0n) is 15.4. The van der Waals surface area contributed by atoms with E-state index in [0.717, 1.165) is 23.4 Å². The van der Waals surface area contributed by atoms with Gasteiger partial charge in [-0.1, -0.05) is 31.2 Å². The summed E-state index contributed by atoms with van der Waals surface area (Å²) in [5.41, 5.74) is 3.45. The first-order valence-corrected chi connectivity index (χ1v) is 8.78. The molecule has 1 aromatic heterocycles. The molecule has 0 saturated carbocycles. The molecule has 0 aliphatic heterocycles. The van der Waals surface area contributed by atoms with E-state index in [9.17, 15) is 4.79 Å². The lowest BCUT2D eigenvalue weighted by Gasteiger charge is -2.08. The highest BCUT2D eigenvalue weighted by atomic mass is 16.5. The fourth-order valence-electron chi connectivity index (χ4n) is 2.51. The van der Waals surface area contributed by atoms with Gasteiger partial charge in [0.25, 0.3) is 5.91 Å². The third-order valence-corrected chi connectivity index (χ3v) is 4.14. The Hall–Kier alpha value is -3.41. The molecule has 6 heteroatoms. The normalized spacial score (nSPS) is 10.3. The van der Waals surface area contributed by atoms with Crippen LogP contribution in [0.25, 0.3) is 0 Å². The van der Waals surface area contributed by atoms with Crippen molar-refractivity contribution in [1.82, 2.24) is 15.5 Å². The van der Waals surface area contributed by atoms with Crippen LogP contribution in [0.5, 0.6) is 5.75 Å².